The van der Waals surface area contributed by atoms with Gasteiger partial charge in [-0.25, -0.2) is 13.2 Å². The number of carbonyl (C=O) groups is 1. The molecule has 1 aromatic heterocycles. The molecule has 1 amide bonds. The topological polar surface area (TPSA) is 111 Å². The zero-order valence-electron chi connectivity index (χ0n) is 17.4. The molecule has 1 aromatic carbocycles. The van der Waals surface area contributed by atoms with Crippen LogP contribution in [0.3, 0.4) is 0 Å². The molecule has 0 spiro atoms. The third-order valence-electron chi connectivity index (χ3n) is 3.78. The number of alkyl carbamates (subject to hydrolysis) is 1. The summed E-state index contributed by atoms with van der Waals surface area (Å²) in [7, 11) is -4.01. The molecular weight excluding hydrogens is 453 g/mol. The number of halogens is 2. The van der Waals surface area contributed by atoms with E-state index in [0.29, 0.717) is 6.42 Å². The van der Waals surface area contributed by atoms with Gasteiger partial charge in [-0.05, 0) is 45.2 Å². The number of hydrogen-bond donors (Lipinski definition) is 1. The van der Waals surface area contributed by atoms with Crippen LogP contribution in [0, 0.1) is 5.92 Å². The first-order valence-electron chi connectivity index (χ1n) is 9.27. The normalized spacial score (nSPS) is 13.3. The maximum atomic E-state index is 12.7. The molecule has 2 rings (SSSR count). The first-order valence-corrected chi connectivity index (χ1v) is 11.7. The smallest absolute Gasteiger partial charge is 0.408 e. The standard InChI is InChI=1S/C19H25Cl2N3O5S/c1-11(2)9-15(22-17(25)29-19(3,4)5)16-23-24-18(28-16)30(26,27)10-12-13(20)7-6-8-14(12)21/h6-8,11,15H,9-10H2,1-5H3,(H,22,25)/t15-/m0/s1. The minimum Gasteiger partial charge on any atom is -0.444 e. The fourth-order valence-electron chi connectivity index (χ4n) is 2.55. The third kappa shape index (κ3) is 6.85. The van der Waals surface area contributed by atoms with Gasteiger partial charge in [-0.1, -0.05) is 48.2 Å². The zero-order valence-corrected chi connectivity index (χ0v) is 19.7. The Morgan fingerprint density at radius 2 is 1.80 bits per heavy atom. The van der Waals surface area contributed by atoms with Gasteiger partial charge in [0.2, 0.25) is 15.7 Å². The Hall–Kier alpha value is -1.84. The van der Waals surface area contributed by atoms with E-state index in [-0.39, 0.29) is 27.4 Å². The molecule has 8 nitrogen and oxygen atoms in total. The number of nitrogens with zero attached hydrogens (tertiary/aromatic N) is 2. The monoisotopic (exact) mass is 477 g/mol. The van der Waals surface area contributed by atoms with Crippen LogP contribution in [-0.4, -0.2) is 30.3 Å². The number of benzene rings is 1. The van der Waals surface area contributed by atoms with Crippen LogP contribution in [0.15, 0.2) is 27.8 Å². The predicted molar refractivity (Wildman–Crippen MR) is 113 cm³/mol. The maximum absolute atomic E-state index is 12.7. The van der Waals surface area contributed by atoms with Crippen LogP contribution >= 0.6 is 23.2 Å². The molecule has 0 saturated carbocycles. The number of sulfone groups is 1. The molecule has 166 valence electrons. The van der Waals surface area contributed by atoms with Crippen molar-refractivity contribution in [2.24, 2.45) is 5.92 Å². The van der Waals surface area contributed by atoms with Crippen molar-refractivity contribution in [3.63, 3.8) is 0 Å². The van der Waals surface area contributed by atoms with Gasteiger partial charge >= 0.3 is 11.3 Å². The lowest BCUT2D eigenvalue weighted by molar-refractivity contribution is 0.0487. The summed E-state index contributed by atoms with van der Waals surface area (Å²) in [4.78, 5) is 12.2. The molecule has 0 aliphatic heterocycles. The van der Waals surface area contributed by atoms with E-state index in [0.717, 1.165) is 0 Å². The molecule has 0 bridgehead atoms. The number of rotatable bonds is 7. The second kappa shape index (κ2) is 9.53. The molecule has 0 fully saturated rings. The van der Waals surface area contributed by atoms with Crippen molar-refractivity contribution in [3.05, 3.63) is 39.7 Å². The predicted octanol–water partition coefficient (Wildman–Crippen LogP) is 4.96. The summed E-state index contributed by atoms with van der Waals surface area (Å²) in [5.41, 5.74) is -0.449. The molecule has 1 heterocycles. The Labute approximate surface area is 186 Å². The molecule has 1 N–H and O–H groups in total. The van der Waals surface area contributed by atoms with E-state index in [1.54, 1.807) is 39.0 Å². The molecule has 0 aliphatic carbocycles. The quantitative estimate of drug-likeness (QED) is 0.599. The average molecular weight is 478 g/mol. The van der Waals surface area contributed by atoms with E-state index in [2.05, 4.69) is 15.5 Å². The van der Waals surface area contributed by atoms with E-state index in [1.807, 2.05) is 13.8 Å². The lowest BCUT2D eigenvalue weighted by atomic mass is 10.0. The lowest BCUT2D eigenvalue weighted by Crippen LogP contribution is -2.35. The highest BCUT2D eigenvalue weighted by Crippen LogP contribution is 2.29. The summed E-state index contributed by atoms with van der Waals surface area (Å²) in [5, 5.41) is 10.0. The fourth-order valence-corrected chi connectivity index (χ4v) is 4.43. The summed E-state index contributed by atoms with van der Waals surface area (Å²) < 4.78 is 36.2. The van der Waals surface area contributed by atoms with Crippen LogP contribution in [0.5, 0.6) is 0 Å². The van der Waals surface area contributed by atoms with Gasteiger partial charge in [0.25, 0.3) is 0 Å². The summed E-state index contributed by atoms with van der Waals surface area (Å²) in [6.07, 6.45) is -0.226. The summed E-state index contributed by atoms with van der Waals surface area (Å²) >= 11 is 12.1. The highest BCUT2D eigenvalue weighted by Gasteiger charge is 2.30. The summed E-state index contributed by atoms with van der Waals surface area (Å²) in [5.74, 6) is -0.376. The summed E-state index contributed by atoms with van der Waals surface area (Å²) in [6.45, 7) is 9.10. The highest BCUT2D eigenvalue weighted by atomic mass is 35.5. The first-order chi connectivity index (χ1) is 13.8. The number of hydrogen-bond acceptors (Lipinski definition) is 7. The molecule has 30 heavy (non-hydrogen) atoms. The van der Waals surface area contributed by atoms with Crippen LogP contribution < -0.4 is 5.32 Å². The minimum atomic E-state index is -4.01. The number of nitrogens with one attached hydrogen (secondary N) is 1. The Morgan fingerprint density at radius 3 is 2.33 bits per heavy atom. The molecule has 1 atom stereocenters. The van der Waals surface area contributed by atoms with Crippen LogP contribution in [0.25, 0.3) is 0 Å². The molecule has 2 aromatic rings. The first kappa shape index (κ1) is 24.4. The molecule has 11 heteroatoms. The number of amides is 1. The van der Waals surface area contributed by atoms with Crippen LogP contribution in [0.1, 0.15) is 58.5 Å². The molecule has 0 radical (unpaired) electrons. The van der Waals surface area contributed by atoms with Crippen molar-refractivity contribution in [1.82, 2.24) is 15.5 Å². The Bertz CT molecular complexity index is 980. The molecular formula is C19H25Cl2N3O5S. The van der Waals surface area contributed by atoms with E-state index in [9.17, 15) is 13.2 Å². The second-order valence-corrected chi connectivity index (χ2v) is 10.9. The van der Waals surface area contributed by atoms with Gasteiger partial charge < -0.3 is 14.5 Å². The van der Waals surface area contributed by atoms with Gasteiger partial charge in [-0.2, -0.15) is 0 Å². The highest BCUT2D eigenvalue weighted by molar-refractivity contribution is 7.90. The SMILES string of the molecule is CC(C)C[C@H](NC(=O)OC(C)(C)C)c1nnc(S(=O)(=O)Cc2c(Cl)cccc2Cl)o1. The Kier molecular flexibility index (Phi) is 7.76. The molecule has 0 saturated heterocycles. The van der Waals surface area contributed by atoms with E-state index in [4.69, 9.17) is 32.4 Å². The largest absolute Gasteiger partial charge is 0.444 e. The van der Waals surface area contributed by atoms with Crippen molar-refractivity contribution < 1.29 is 22.4 Å². The number of ether oxygens (including phenoxy) is 1. The molecule has 0 unspecified atom stereocenters. The summed E-state index contributed by atoms with van der Waals surface area (Å²) in [6, 6.07) is 3.99. The van der Waals surface area contributed by atoms with Gasteiger partial charge in [-0.3, -0.25) is 0 Å². The van der Waals surface area contributed by atoms with Gasteiger partial charge in [0.05, 0.1) is 5.75 Å². The van der Waals surface area contributed by atoms with Gasteiger partial charge in [-0.15, -0.1) is 5.10 Å². The Morgan fingerprint density at radius 1 is 1.20 bits per heavy atom. The fraction of sp³-hybridized carbons (Fsp3) is 0.526. The maximum Gasteiger partial charge on any atom is 0.408 e. The van der Waals surface area contributed by atoms with Crippen molar-refractivity contribution >= 4 is 39.1 Å². The van der Waals surface area contributed by atoms with Crippen LogP contribution in [0.2, 0.25) is 10.0 Å². The van der Waals surface area contributed by atoms with E-state index in [1.165, 1.54) is 0 Å². The van der Waals surface area contributed by atoms with Gasteiger partial charge in [0.15, 0.2) is 0 Å². The second-order valence-electron chi connectivity index (χ2n) is 8.19. The lowest BCUT2D eigenvalue weighted by Gasteiger charge is -2.22. The molecule has 0 aliphatic rings. The van der Waals surface area contributed by atoms with Crippen LogP contribution in [0.4, 0.5) is 4.79 Å². The zero-order chi connectivity index (χ0) is 22.7. The third-order valence-corrected chi connectivity index (χ3v) is 5.85. The Balaban J connectivity index is 2.26. The van der Waals surface area contributed by atoms with Crippen LogP contribution in [-0.2, 0) is 20.3 Å². The van der Waals surface area contributed by atoms with Crippen molar-refractivity contribution in [2.45, 2.75) is 63.7 Å². The minimum absolute atomic E-state index is 0.0293. The van der Waals surface area contributed by atoms with Crippen molar-refractivity contribution in [3.8, 4) is 0 Å². The van der Waals surface area contributed by atoms with E-state index < -0.39 is 38.5 Å². The van der Waals surface area contributed by atoms with Crippen molar-refractivity contribution in [1.29, 1.82) is 0 Å². The van der Waals surface area contributed by atoms with Crippen molar-refractivity contribution in [2.75, 3.05) is 0 Å². The van der Waals surface area contributed by atoms with Gasteiger partial charge in [0, 0.05) is 15.6 Å². The van der Waals surface area contributed by atoms with Gasteiger partial charge in [0.1, 0.15) is 11.6 Å². The average Bonchev–Trinajstić information content (AvgIpc) is 3.06. The number of aromatic nitrogens is 2. The van der Waals surface area contributed by atoms with E-state index >= 15 is 0 Å². The number of carbonyl (C=O) groups excluding carboxylic acids is 1.